The molecule has 2 aromatic heterocycles. The maximum atomic E-state index is 12.7. The number of fused-ring (bicyclic) bond motifs is 2. The molecule has 2 N–H and O–H groups in total. The van der Waals surface area contributed by atoms with Crippen molar-refractivity contribution in [1.29, 1.82) is 0 Å². The second kappa shape index (κ2) is 7.82. The third kappa shape index (κ3) is 3.86. The molecular weight excluding hydrogens is 408 g/mol. The molecule has 32 heavy (non-hydrogen) atoms. The second-order valence-electron chi connectivity index (χ2n) is 8.66. The maximum Gasteiger partial charge on any atom is 0.336 e. The molecule has 1 atom stereocenters. The van der Waals surface area contributed by atoms with Gasteiger partial charge in [0.25, 0.3) is 0 Å². The Balaban J connectivity index is 1.78. The molecule has 0 amide bonds. The SMILES string of the molecule is C/C=C(\C)C(=O)OC(C)(C)[C@]1(Cc2ccc(N)nc2)Cc2cc3ccc(=O)oc3cc2O1. The summed E-state index contributed by atoms with van der Waals surface area (Å²) in [7, 11) is 0. The molecule has 3 aromatic rings. The molecule has 0 saturated heterocycles. The molecule has 0 aliphatic carbocycles. The van der Waals surface area contributed by atoms with E-state index in [1.807, 2.05) is 26.0 Å². The third-order valence-corrected chi connectivity index (χ3v) is 6.12. The van der Waals surface area contributed by atoms with Crippen LogP contribution in [0.4, 0.5) is 5.82 Å². The van der Waals surface area contributed by atoms with Gasteiger partial charge in [-0.3, -0.25) is 0 Å². The highest BCUT2D eigenvalue weighted by molar-refractivity contribution is 5.88. The number of nitrogen functional groups attached to an aromatic ring is 1. The minimum Gasteiger partial charge on any atom is -0.482 e. The van der Waals surface area contributed by atoms with Gasteiger partial charge in [0, 0.05) is 42.1 Å². The summed E-state index contributed by atoms with van der Waals surface area (Å²) in [5, 5.41) is 0.802. The van der Waals surface area contributed by atoms with Gasteiger partial charge in [-0.15, -0.1) is 0 Å². The van der Waals surface area contributed by atoms with Crippen LogP contribution in [0.5, 0.6) is 5.75 Å². The van der Waals surface area contributed by atoms with Gasteiger partial charge in [-0.05, 0) is 57.0 Å². The van der Waals surface area contributed by atoms with E-state index in [9.17, 15) is 9.59 Å². The topological polar surface area (TPSA) is 105 Å². The van der Waals surface area contributed by atoms with E-state index >= 15 is 0 Å². The van der Waals surface area contributed by atoms with Crippen molar-refractivity contribution in [3.8, 4) is 5.75 Å². The number of anilines is 1. The Morgan fingerprint density at radius 1 is 1.28 bits per heavy atom. The van der Waals surface area contributed by atoms with Crippen molar-refractivity contribution >= 4 is 22.8 Å². The van der Waals surface area contributed by atoms with Gasteiger partial charge in [0.2, 0.25) is 0 Å². The fourth-order valence-electron chi connectivity index (χ4n) is 3.97. The zero-order valence-electron chi connectivity index (χ0n) is 18.6. The number of ether oxygens (including phenoxy) is 2. The Morgan fingerprint density at radius 3 is 2.75 bits per heavy atom. The average Bonchev–Trinajstić information content (AvgIpc) is 3.11. The summed E-state index contributed by atoms with van der Waals surface area (Å²) >= 11 is 0. The smallest absolute Gasteiger partial charge is 0.336 e. The zero-order chi connectivity index (χ0) is 23.1. The van der Waals surface area contributed by atoms with E-state index in [2.05, 4.69) is 4.98 Å². The summed E-state index contributed by atoms with van der Waals surface area (Å²) in [4.78, 5) is 28.5. The molecular formula is C25H26N2O5. The number of aromatic nitrogens is 1. The Kier molecular flexibility index (Phi) is 5.28. The summed E-state index contributed by atoms with van der Waals surface area (Å²) in [6.07, 6.45) is 4.35. The first-order valence-electron chi connectivity index (χ1n) is 10.4. The first-order valence-corrected chi connectivity index (χ1v) is 10.4. The Bertz CT molecular complexity index is 1270. The van der Waals surface area contributed by atoms with Crippen LogP contribution in [0, 0.1) is 0 Å². The molecule has 0 saturated carbocycles. The molecule has 0 bridgehead atoms. The minimum absolute atomic E-state index is 0.400. The molecule has 0 fully saturated rings. The number of carbonyl (C=O) groups excluding carboxylic acids is 1. The van der Waals surface area contributed by atoms with Crippen LogP contribution in [0.1, 0.15) is 38.8 Å². The number of rotatable bonds is 5. The van der Waals surface area contributed by atoms with Crippen molar-refractivity contribution in [2.24, 2.45) is 0 Å². The lowest BCUT2D eigenvalue weighted by atomic mass is 9.77. The molecule has 0 spiro atoms. The summed E-state index contributed by atoms with van der Waals surface area (Å²) in [5.41, 5.74) is 6.23. The molecule has 0 unspecified atom stereocenters. The Labute approximate surface area is 185 Å². The number of hydrogen-bond donors (Lipinski definition) is 1. The second-order valence-corrected chi connectivity index (χ2v) is 8.66. The van der Waals surface area contributed by atoms with E-state index in [0.717, 1.165) is 16.5 Å². The number of nitrogens with zero attached hydrogens (tertiary/aromatic N) is 1. The van der Waals surface area contributed by atoms with Gasteiger partial charge in [-0.2, -0.15) is 0 Å². The number of pyridine rings is 1. The van der Waals surface area contributed by atoms with Crippen LogP contribution in [-0.2, 0) is 22.4 Å². The van der Waals surface area contributed by atoms with Gasteiger partial charge in [0.1, 0.15) is 22.8 Å². The number of esters is 1. The lowest BCUT2D eigenvalue weighted by molar-refractivity contribution is -0.174. The van der Waals surface area contributed by atoms with Gasteiger partial charge in [0.05, 0.1) is 0 Å². The highest BCUT2D eigenvalue weighted by Gasteiger charge is 2.54. The first kappa shape index (κ1) is 21.6. The van der Waals surface area contributed by atoms with E-state index in [1.54, 1.807) is 44.3 Å². The summed E-state index contributed by atoms with van der Waals surface area (Å²) in [6.45, 7) is 7.21. The minimum atomic E-state index is -0.998. The number of benzene rings is 1. The summed E-state index contributed by atoms with van der Waals surface area (Å²) < 4.78 is 17.8. The molecule has 166 valence electrons. The van der Waals surface area contributed by atoms with Gasteiger partial charge in [-0.25, -0.2) is 14.6 Å². The predicted molar refractivity (Wildman–Crippen MR) is 122 cm³/mol. The summed E-state index contributed by atoms with van der Waals surface area (Å²) in [5.74, 6) is 0.624. The molecule has 1 aliphatic heterocycles. The van der Waals surface area contributed by atoms with E-state index in [1.165, 1.54) is 6.07 Å². The molecule has 1 aliphatic rings. The Morgan fingerprint density at radius 2 is 2.06 bits per heavy atom. The third-order valence-electron chi connectivity index (χ3n) is 6.12. The fraction of sp³-hybridized carbons (Fsp3) is 0.320. The van der Waals surface area contributed by atoms with Crippen LogP contribution < -0.4 is 16.1 Å². The van der Waals surface area contributed by atoms with E-state index in [-0.39, 0.29) is 0 Å². The quantitative estimate of drug-likeness (QED) is 0.368. The number of allylic oxidation sites excluding steroid dienone is 1. The molecule has 4 rings (SSSR count). The van der Waals surface area contributed by atoms with Crippen LogP contribution in [0.25, 0.3) is 11.0 Å². The van der Waals surface area contributed by atoms with Gasteiger partial charge in [-0.1, -0.05) is 12.1 Å². The molecule has 3 heterocycles. The van der Waals surface area contributed by atoms with Crippen LogP contribution in [0.15, 0.2) is 63.5 Å². The van der Waals surface area contributed by atoms with Crippen molar-refractivity contribution in [1.82, 2.24) is 4.98 Å². The highest BCUT2D eigenvalue weighted by Crippen LogP contribution is 2.46. The first-order chi connectivity index (χ1) is 15.1. The lowest BCUT2D eigenvalue weighted by Crippen LogP contribution is -2.57. The molecule has 7 heteroatoms. The monoisotopic (exact) mass is 434 g/mol. The van der Waals surface area contributed by atoms with Crippen molar-refractivity contribution in [2.45, 2.75) is 51.7 Å². The Hall–Kier alpha value is -3.61. The lowest BCUT2D eigenvalue weighted by Gasteiger charge is -2.42. The van der Waals surface area contributed by atoms with Crippen molar-refractivity contribution in [3.63, 3.8) is 0 Å². The number of carbonyl (C=O) groups is 1. The molecule has 0 radical (unpaired) electrons. The summed E-state index contributed by atoms with van der Waals surface area (Å²) in [6, 6.07) is 10.4. The van der Waals surface area contributed by atoms with Crippen molar-refractivity contribution < 1.29 is 18.7 Å². The van der Waals surface area contributed by atoms with E-state index in [4.69, 9.17) is 19.6 Å². The van der Waals surface area contributed by atoms with E-state index < -0.39 is 22.8 Å². The molecule has 1 aromatic carbocycles. The van der Waals surface area contributed by atoms with Crippen molar-refractivity contribution in [2.75, 3.05) is 5.73 Å². The van der Waals surface area contributed by atoms with Crippen LogP contribution in [0.2, 0.25) is 0 Å². The van der Waals surface area contributed by atoms with Gasteiger partial charge < -0.3 is 19.6 Å². The number of nitrogens with two attached hydrogens (primary N) is 1. The maximum absolute atomic E-state index is 12.7. The average molecular weight is 434 g/mol. The van der Waals surface area contributed by atoms with Crippen LogP contribution in [-0.4, -0.2) is 22.2 Å². The standard InChI is InChI=1S/C25H26N2O5/c1-5-15(2)23(29)32-24(3,4)25(12-16-6-8-21(26)27-14-16)13-18-10-17-7-9-22(28)30-19(17)11-20(18)31-25/h5-11,14H,12-13H2,1-4H3,(H2,26,27)/b15-5+/t25-/m0/s1. The molecule has 7 nitrogen and oxygen atoms in total. The van der Waals surface area contributed by atoms with E-state index in [0.29, 0.717) is 35.6 Å². The normalized spacial score (nSPS) is 18.3. The van der Waals surface area contributed by atoms with Crippen molar-refractivity contribution in [3.05, 3.63) is 75.8 Å². The van der Waals surface area contributed by atoms with Gasteiger partial charge >= 0.3 is 11.6 Å². The van der Waals surface area contributed by atoms with Gasteiger partial charge in [0.15, 0.2) is 5.60 Å². The van der Waals surface area contributed by atoms with Crippen LogP contribution in [0.3, 0.4) is 0 Å². The number of hydrogen-bond acceptors (Lipinski definition) is 7. The predicted octanol–water partition coefficient (Wildman–Crippen LogP) is 3.97. The van der Waals surface area contributed by atoms with Crippen LogP contribution >= 0.6 is 0 Å². The zero-order valence-corrected chi connectivity index (χ0v) is 18.6. The largest absolute Gasteiger partial charge is 0.482 e. The fourth-order valence-corrected chi connectivity index (χ4v) is 3.97. The highest BCUT2D eigenvalue weighted by atomic mass is 16.6.